The highest BCUT2D eigenvalue weighted by Gasteiger charge is 2.63. The zero-order valence-electron chi connectivity index (χ0n) is 11.2. The minimum Gasteiger partial charge on any atom is -0.476 e. The van der Waals surface area contributed by atoms with Crippen LogP contribution in [0.3, 0.4) is 0 Å². The molecule has 0 radical (unpaired) electrons. The Morgan fingerprint density at radius 2 is 2.24 bits per heavy atom. The molecule has 0 bridgehead atoms. The molecule has 5 nitrogen and oxygen atoms in total. The van der Waals surface area contributed by atoms with Gasteiger partial charge < -0.3 is 10.5 Å². The molecule has 21 heavy (non-hydrogen) atoms. The second kappa shape index (κ2) is 5.38. The van der Waals surface area contributed by atoms with Gasteiger partial charge in [0.15, 0.2) is 11.8 Å². The molecule has 1 aliphatic carbocycles. The van der Waals surface area contributed by atoms with Gasteiger partial charge in [0, 0.05) is 25.4 Å². The number of hydrogen-bond acceptors (Lipinski definition) is 4. The lowest BCUT2D eigenvalue weighted by atomic mass is 10.1. The van der Waals surface area contributed by atoms with Gasteiger partial charge in [0.1, 0.15) is 12.0 Å². The number of aliphatic imine (C=N–C) groups is 1. The fraction of sp³-hybridized carbons (Fsp3) is 0.500. The molecule has 1 heterocycles. The molecule has 0 spiro atoms. The molecular formula is C12H14F4N4O. The fourth-order valence-corrected chi connectivity index (χ4v) is 1.71. The summed E-state index contributed by atoms with van der Waals surface area (Å²) in [6.45, 7) is 0.644. The lowest BCUT2D eigenvalue weighted by Gasteiger charge is -2.18. The van der Waals surface area contributed by atoms with Crippen molar-refractivity contribution in [3.05, 3.63) is 18.5 Å². The molecule has 0 saturated heterocycles. The average Bonchev–Trinajstić information content (AvgIpc) is 3.05. The van der Waals surface area contributed by atoms with Gasteiger partial charge in [-0.05, 0) is 12.8 Å². The minimum atomic E-state index is -4.28. The van der Waals surface area contributed by atoms with Crippen molar-refractivity contribution in [1.29, 1.82) is 0 Å². The van der Waals surface area contributed by atoms with Crippen LogP contribution in [0, 0.1) is 5.41 Å². The molecule has 0 atom stereocenters. The van der Waals surface area contributed by atoms with Gasteiger partial charge in [-0.2, -0.15) is 17.6 Å². The van der Waals surface area contributed by atoms with E-state index >= 15 is 0 Å². The van der Waals surface area contributed by atoms with Gasteiger partial charge in [-0.3, -0.25) is 0 Å². The second-order valence-corrected chi connectivity index (χ2v) is 4.80. The first-order valence-corrected chi connectivity index (χ1v) is 6.16. The van der Waals surface area contributed by atoms with E-state index in [1.54, 1.807) is 0 Å². The largest absolute Gasteiger partial charge is 0.476 e. The van der Waals surface area contributed by atoms with E-state index < -0.39 is 24.2 Å². The molecule has 1 saturated carbocycles. The minimum absolute atomic E-state index is 0.00167. The van der Waals surface area contributed by atoms with Crippen molar-refractivity contribution in [2.45, 2.75) is 25.9 Å². The number of ether oxygens (including phenoxy) is 1. The van der Waals surface area contributed by atoms with Crippen LogP contribution in [0.25, 0.3) is 5.82 Å². The molecule has 2 N–H and O–H groups in total. The average molecular weight is 306 g/mol. The normalized spacial score (nSPS) is 18.7. The van der Waals surface area contributed by atoms with Crippen LogP contribution in [0.1, 0.15) is 19.8 Å². The Balaban J connectivity index is 2.03. The summed E-state index contributed by atoms with van der Waals surface area (Å²) in [6.07, 6.45) is -1.79. The van der Waals surface area contributed by atoms with Crippen molar-refractivity contribution in [1.82, 2.24) is 9.78 Å². The van der Waals surface area contributed by atoms with E-state index in [4.69, 9.17) is 10.5 Å². The summed E-state index contributed by atoms with van der Waals surface area (Å²) < 4.78 is 57.1. The number of nitrogens with zero attached hydrogens (tertiary/aromatic N) is 3. The number of halogens is 4. The topological polar surface area (TPSA) is 65.4 Å². The summed E-state index contributed by atoms with van der Waals surface area (Å²) in [6, 6.07) is 1.36. The molecule has 0 aromatic carbocycles. The van der Waals surface area contributed by atoms with Crippen LogP contribution >= 0.6 is 0 Å². The Morgan fingerprint density at radius 3 is 2.71 bits per heavy atom. The van der Waals surface area contributed by atoms with Gasteiger partial charge in [-0.1, -0.05) is 0 Å². The molecular weight excluding hydrogens is 292 g/mol. The summed E-state index contributed by atoms with van der Waals surface area (Å²) in [7, 11) is 0. The first-order chi connectivity index (χ1) is 9.77. The van der Waals surface area contributed by atoms with Gasteiger partial charge in [0.2, 0.25) is 5.88 Å². The summed E-state index contributed by atoms with van der Waals surface area (Å²) in [4.78, 5) is 3.49. The monoisotopic (exact) mass is 306 g/mol. The highest BCUT2D eigenvalue weighted by Crippen LogP contribution is 2.57. The third-order valence-electron chi connectivity index (χ3n) is 3.17. The fourth-order valence-electron chi connectivity index (χ4n) is 1.71. The van der Waals surface area contributed by atoms with E-state index in [1.807, 2.05) is 0 Å². The number of rotatable bonds is 5. The molecule has 0 unspecified atom stereocenters. The molecule has 1 aliphatic rings. The predicted octanol–water partition coefficient (Wildman–Crippen LogP) is 2.71. The zero-order valence-corrected chi connectivity index (χ0v) is 11.2. The van der Waals surface area contributed by atoms with Crippen molar-refractivity contribution < 1.29 is 22.3 Å². The van der Waals surface area contributed by atoms with Gasteiger partial charge in [0.05, 0.1) is 0 Å². The summed E-state index contributed by atoms with van der Waals surface area (Å²) >= 11 is 0. The molecule has 9 heteroatoms. The van der Waals surface area contributed by atoms with Crippen LogP contribution in [0.4, 0.5) is 17.6 Å². The highest BCUT2D eigenvalue weighted by molar-refractivity contribution is 5.76. The molecule has 1 fully saturated rings. The van der Waals surface area contributed by atoms with E-state index in [-0.39, 0.29) is 24.5 Å². The number of hydrogen-bond donors (Lipinski definition) is 1. The summed E-state index contributed by atoms with van der Waals surface area (Å²) in [5.74, 6) is -0.725. The molecule has 1 aromatic heterocycles. The maximum atomic E-state index is 12.7. The maximum absolute atomic E-state index is 12.7. The first-order valence-electron chi connectivity index (χ1n) is 6.16. The van der Waals surface area contributed by atoms with E-state index in [2.05, 4.69) is 10.1 Å². The Labute approximate surface area is 118 Å². The quantitative estimate of drug-likeness (QED) is 0.672. The van der Waals surface area contributed by atoms with Crippen LogP contribution in [0.2, 0.25) is 0 Å². The number of aromatic nitrogens is 2. The summed E-state index contributed by atoms with van der Waals surface area (Å²) in [5.41, 5.74) is 3.52. The van der Waals surface area contributed by atoms with Gasteiger partial charge in [-0.15, -0.1) is 5.10 Å². The van der Waals surface area contributed by atoms with Crippen LogP contribution in [-0.2, 0) is 0 Å². The molecule has 1 aromatic rings. The molecule has 116 valence electrons. The Hall–Kier alpha value is -2.06. The molecule has 2 rings (SSSR count). The van der Waals surface area contributed by atoms with Crippen LogP contribution in [-0.4, -0.2) is 28.5 Å². The van der Waals surface area contributed by atoms with Crippen LogP contribution in [0.15, 0.2) is 23.5 Å². The first kappa shape index (κ1) is 15.3. The Kier molecular flexibility index (Phi) is 3.93. The van der Waals surface area contributed by atoms with Crippen molar-refractivity contribution in [2.75, 3.05) is 6.61 Å². The van der Waals surface area contributed by atoms with Crippen molar-refractivity contribution >= 4 is 11.8 Å². The van der Waals surface area contributed by atoms with E-state index in [0.29, 0.717) is 0 Å². The molecule has 0 amide bonds. The number of nitrogens with two attached hydrogens (primary N) is 1. The predicted molar refractivity (Wildman–Crippen MR) is 68.1 cm³/mol. The second-order valence-electron chi connectivity index (χ2n) is 4.80. The third kappa shape index (κ3) is 3.34. The molecule has 0 aliphatic heterocycles. The summed E-state index contributed by atoms with van der Waals surface area (Å²) in [5, 5.41) is 3.85. The SMILES string of the molecule is CC(F)=N/C(=C\N)n1ccc(OCC2(C(F)(F)F)CC2)n1. The van der Waals surface area contributed by atoms with E-state index in [1.165, 1.54) is 12.3 Å². The Morgan fingerprint density at radius 1 is 1.57 bits per heavy atom. The standard InChI is InChI=1S/C12H14F4N4O/c1-8(13)18-9(6-17)20-5-2-10(19-20)21-7-11(3-4-11)12(14,15)16/h2,5-6H,3-4,7,17H2,1H3/b9-6+,18-8?. The van der Waals surface area contributed by atoms with Gasteiger partial charge >= 0.3 is 6.18 Å². The number of alkyl halides is 3. The van der Waals surface area contributed by atoms with Crippen molar-refractivity contribution in [2.24, 2.45) is 16.1 Å². The lowest BCUT2D eigenvalue weighted by molar-refractivity contribution is -0.194. The maximum Gasteiger partial charge on any atom is 0.397 e. The lowest BCUT2D eigenvalue weighted by Crippen LogP contribution is -2.30. The van der Waals surface area contributed by atoms with E-state index in [0.717, 1.165) is 17.8 Å². The van der Waals surface area contributed by atoms with E-state index in [9.17, 15) is 17.6 Å². The third-order valence-corrected chi connectivity index (χ3v) is 3.17. The zero-order chi connectivity index (χ0) is 15.7. The van der Waals surface area contributed by atoms with Crippen LogP contribution < -0.4 is 10.5 Å². The van der Waals surface area contributed by atoms with Crippen molar-refractivity contribution in [3.63, 3.8) is 0 Å². The van der Waals surface area contributed by atoms with Crippen LogP contribution in [0.5, 0.6) is 5.88 Å². The van der Waals surface area contributed by atoms with Gasteiger partial charge in [0.25, 0.3) is 0 Å². The van der Waals surface area contributed by atoms with Crippen molar-refractivity contribution in [3.8, 4) is 5.88 Å². The smallest absolute Gasteiger partial charge is 0.397 e. The Bertz CT molecular complexity index is 568. The highest BCUT2D eigenvalue weighted by atomic mass is 19.4. The van der Waals surface area contributed by atoms with Gasteiger partial charge in [-0.25, -0.2) is 9.67 Å².